The first-order valence-corrected chi connectivity index (χ1v) is 4.95. The molecular formula is C9H15NO6. The number of rotatable bonds is 4. The highest BCUT2D eigenvalue weighted by Crippen LogP contribution is 2.28. The zero-order valence-electron chi connectivity index (χ0n) is 8.83. The fourth-order valence-corrected chi connectivity index (χ4v) is 2.01. The van der Waals surface area contributed by atoms with E-state index in [0.717, 1.165) is 4.90 Å². The van der Waals surface area contributed by atoms with Crippen LogP contribution in [0.15, 0.2) is 0 Å². The van der Waals surface area contributed by atoms with E-state index in [1.807, 2.05) is 0 Å². The number of aliphatic hydroxyl groups is 2. The van der Waals surface area contributed by atoms with Crippen LogP contribution in [-0.2, 0) is 9.59 Å². The molecule has 16 heavy (non-hydrogen) atoms. The molecule has 0 aliphatic carbocycles. The van der Waals surface area contributed by atoms with Gasteiger partial charge in [-0.25, -0.2) is 9.59 Å². The van der Waals surface area contributed by atoms with E-state index in [4.69, 9.17) is 10.2 Å². The van der Waals surface area contributed by atoms with E-state index in [2.05, 4.69) is 0 Å². The van der Waals surface area contributed by atoms with Gasteiger partial charge in [0.25, 0.3) is 5.72 Å². The molecular weight excluding hydrogens is 218 g/mol. The van der Waals surface area contributed by atoms with Gasteiger partial charge in [-0.1, -0.05) is 0 Å². The van der Waals surface area contributed by atoms with Crippen LogP contribution in [0.3, 0.4) is 0 Å². The molecule has 0 bridgehead atoms. The van der Waals surface area contributed by atoms with Gasteiger partial charge >= 0.3 is 11.9 Å². The third kappa shape index (κ3) is 1.89. The Labute approximate surface area is 91.9 Å². The molecule has 0 aromatic carbocycles. The summed E-state index contributed by atoms with van der Waals surface area (Å²) in [5.74, 6) is -3.51. The number of aliphatic carboxylic acids is 2. The second-order valence-corrected chi connectivity index (χ2v) is 3.96. The number of likely N-dealkylation sites (tertiary alicyclic amines) is 1. The first-order valence-electron chi connectivity index (χ1n) is 4.95. The Morgan fingerprint density at radius 1 is 1.44 bits per heavy atom. The molecule has 7 nitrogen and oxygen atoms in total. The fraction of sp³-hybridized carbons (Fsp3) is 0.778. The average Bonchev–Trinajstić information content (AvgIpc) is 2.62. The number of hydrogen-bond acceptors (Lipinski definition) is 5. The largest absolute Gasteiger partial charge is 0.479 e. The minimum Gasteiger partial charge on any atom is -0.479 e. The molecule has 0 spiro atoms. The van der Waals surface area contributed by atoms with Crippen molar-refractivity contribution in [2.75, 3.05) is 6.54 Å². The summed E-state index contributed by atoms with van der Waals surface area (Å²) >= 11 is 0. The number of nitrogens with zero attached hydrogens (tertiary/aromatic N) is 1. The van der Waals surface area contributed by atoms with Crippen molar-refractivity contribution >= 4 is 11.9 Å². The Hall–Kier alpha value is -1.18. The van der Waals surface area contributed by atoms with Crippen LogP contribution in [0.1, 0.15) is 19.8 Å². The Balaban J connectivity index is 3.05. The van der Waals surface area contributed by atoms with Crippen molar-refractivity contribution in [3.63, 3.8) is 0 Å². The summed E-state index contributed by atoms with van der Waals surface area (Å²) in [5, 5.41) is 36.7. The van der Waals surface area contributed by atoms with E-state index in [0.29, 0.717) is 12.8 Å². The van der Waals surface area contributed by atoms with Crippen LogP contribution in [0.5, 0.6) is 0 Å². The van der Waals surface area contributed by atoms with E-state index in [-0.39, 0.29) is 12.6 Å². The molecule has 0 aromatic heterocycles. The van der Waals surface area contributed by atoms with E-state index in [1.54, 1.807) is 6.92 Å². The molecule has 3 atom stereocenters. The second-order valence-electron chi connectivity index (χ2n) is 3.96. The van der Waals surface area contributed by atoms with Crippen LogP contribution >= 0.6 is 0 Å². The molecule has 0 unspecified atom stereocenters. The third-order valence-corrected chi connectivity index (χ3v) is 2.92. The van der Waals surface area contributed by atoms with Gasteiger partial charge < -0.3 is 20.4 Å². The highest BCUT2D eigenvalue weighted by Gasteiger charge is 2.54. The van der Waals surface area contributed by atoms with Crippen LogP contribution in [0.4, 0.5) is 0 Å². The van der Waals surface area contributed by atoms with E-state index >= 15 is 0 Å². The van der Waals surface area contributed by atoms with Crippen molar-refractivity contribution in [1.29, 1.82) is 0 Å². The first-order chi connectivity index (χ1) is 7.31. The van der Waals surface area contributed by atoms with Gasteiger partial charge in [0.15, 0.2) is 0 Å². The lowest BCUT2D eigenvalue weighted by Gasteiger charge is -2.37. The minimum atomic E-state index is -2.76. The van der Waals surface area contributed by atoms with Gasteiger partial charge in [0.2, 0.25) is 6.10 Å². The maximum Gasteiger partial charge on any atom is 0.355 e. The van der Waals surface area contributed by atoms with Crippen molar-refractivity contribution in [1.82, 2.24) is 4.90 Å². The Morgan fingerprint density at radius 2 is 2.00 bits per heavy atom. The highest BCUT2D eigenvalue weighted by atomic mass is 16.5. The zero-order valence-corrected chi connectivity index (χ0v) is 8.83. The SMILES string of the molecule is C[C@H]1CCCN1[C@@](O)(C(=O)O)[C@H](O)C(=O)O. The number of carbonyl (C=O) groups is 2. The van der Waals surface area contributed by atoms with Gasteiger partial charge in [-0.3, -0.25) is 4.90 Å². The molecule has 1 aliphatic rings. The molecule has 0 aromatic rings. The highest BCUT2D eigenvalue weighted by molar-refractivity contribution is 5.86. The van der Waals surface area contributed by atoms with Crippen molar-refractivity contribution in [3.8, 4) is 0 Å². The van der Waals surface area contributed by atoms with E-state index in [9.17, 15) is 19.8 Å². The molecule has 1 heterocycles. The molecule has 4 N–H and O–H groups in total. The monoisotopic (exact) mass is 233 g/mol. The van der Waals surface area contributed by atoms with Gasteiger partial charge in [0.1, 0.15) is 0 Å². The van der Waals surface area contributed by atoms with Crippen LogP contribution in [0.2, 0.25) is 0 Å². The molecule has 1 rings (SSSR count). The quantitative estimate of drug-likeness (QED) is 0.476. The summed E-state index contributed by atoms with van der Waals surface area (Å²) in [5.41, 5.74) is -2.76. The molecule has 1 aliphatic heterocycles. The Bertz CT molecular complexity index is 306. The molecule has 0 saturated carbocycles. The number of carboxylic acid groups (broad SMARTS) is 2. The van der Waals surface area contributed by atoms with Crippen molar-refractivity contribution in [2.45, 2.75) is 37.6 Å². The Kier molecular flexibility index (Phi) is 3.51. The second kappa shape index (κ2) is 4.36. The van der Waals surface area contributed by atoms with Gasteiger partial charge in [-0.2, -0.15) is 0 Å². The van der Waals surface area contributed by atoms with Crippen LogP contribution in [0, 0.1) is 0 Å². The first kappa shape index (κ1) is 12.9. The third-order valence-electron chi connectivity index (χ3n) is 2.92. The predicted octanol–water partition coefficient (Wildman–Crippen LogP) is -1.31. The van der Waals surface area contributed by atoms with Gasteiger partial charge in [0.05, 0.1) is 0 Å². The molecule has 92 valence electrons. The number of carboxylic acids is 2. The van der Waals surface area contributed by atoms with Crippen molar-refractivity contribution in [2.24, 2.45) is 0 Å². The van der Waals surface area contributed by atoms with E-state index in [1.165, 1.54) is 0 Å². The lowest BCUT2D eigenvalue weighted by atomic mass is 10.0. The van der Waals surface area contributed by atoms with Gasteiger partial charge in [0, 0.05) is 12.6 Å². The summed E-state index contributed by atoms with van der Waals surface area (Å²) in [4.78, 5) is 22.7. The number of hydrogen-bond donors (Lipinski definition) is 4. The zero-order chi connectivity index (χ0) is 12.5. The molecule has 0 amide bonds. The average molecular weight is 233 g/mol. The van der Waals surface area contributed by atoms with Crippen LogP contribution < -0.4 is 0 Å². The lowest BCUT2D eigenvalue weighted by molar-refractivity contribution is -0.216. The summed E-state index contributed by atoms with van der Waals surface area (Å²) in [7, 11) is 0. The summed E-state index contributed by atoms with van der Waals surface area (Å²) in [6.45, 7) is 1.92. The van der Waals surface area contributed by atoms with Crippen LogP contribution in [-0.4, -0.2) is 61.7 Å². The van der Waals surface area contributed by atoms with E-state index < -0.39 is 23.8 Å². The normalized spacial score (nSPS) is 27.3. The maximum atomic E-state index is 11.0. The topological polar surface area (TPSA) is 118 Å². The maximum absolute atomic E-state index is 11.0. The van der Waals surface area contributed by atoms with Gasteiger partial charge in [-0.15, -0.1) is 0 Å². The summed E-state index contributed by atoms with van der Waals surface area (Å²) < 4.78 is 0. The predicted molar refractivity (Wildman–Crippen MR) is 51.6 cm³/mol. The van der Waals surface area contributed by atoms with Gasteiger partial charge in [-0.05, 0) is 19.8 Å². The van der Waals surface area contributed by atoms with Crippen molar-refractivity contribution < 1.29 is 30.0 Å². The number of aliphatic hydroxyl groups excluding tert-OH is 1. The molecule has 1 fully saturated rings. The summed E-state index contributed by atoms with van der Waals surface area (Å²) in [6.07, 6.45) is -1.06. The van der Waals surface area contributed by atoms with Crippen molar-refractivity contribution in [3.05, 3.63) is 0 Å². The molecule has 0 radical (unpaired) electrons. The Morgan fingerprint density at radius 3 is 2.31 bits per heavy atom. The van der Waals surface area contributed by atoms with Crippen LogP contribution in [0.25, 0.3) is 0 Å². The lowest BCUT2D eigenvalue weighted by Crippen LogP contribution is -2.65. The minimum absolute atomic E-state index is 0.244. The molecule has 7 heteroatoms. The fourth-order valence-electron chi connectivity index (χ4n) is 2.01. The standard InChI is InChI=1S/C9H15NO6/c1-5-3-2-4-10(5)9(16,8(14)15)6(11)7(12)13/h5-6,11,16H,2-4H2,1H3,(H,12,13)(H,14,15)/t5-,6+,9-/m0/s1. The summed E-state index contributed by atoms with van der Waals surface area (Å²) in [6, 6.07) is -0.282. The molecule has 1 saturated heterocycles. The smallest absolute Gasteiger partial charge is 0.355 e.